The van der Waals surface area contributed by atoms with Crippen LogP contribution in [0.3, 0.4) is 0 Å². The van der Waals surface area contributed by atoms with Gasteiger partial charge in [-0.05, 0) is 56.9 Å². The summed E-state index contributed by atoms with van der Waals surface area (Å²) in [5.41, 5.74) is 1.06. The third-order valence-corrected chi connectivity index (χ3v) is 6.39. The first-order chi connectivity index (χ1) is 15.5. The van der Waals surface area contributed by atoms with Crippen LogP contribution in [0.1, 0.15) is 37.5 Å². The molecule has 0 spiro atoms. The van der Waals surface area contributed by atoms with Crippen LogP contribution in [0.5, 0.6) is 5.75 Å². The second kappa shape index (κ2) is 8.31. The molecule has 2 heterocycles. The van der Waals surface area contributed by atoms with Crippen LogP contribution in [0, 0.1) is 6.92 Å². The summed E-state index contributed by atoms with van der Waals surface area (Å²) in [6.45, 7) is 1.73. The largest absolute Gasteiger partial charge is 0.412 e. The Bertz CT molecular complexity index is 1360. The topological polar surface area (TPSA) is 86.4 Å². The maximum absolute atomic E-state index is 13.5. The molecule has 1 amide bonds. The number of halogens is 1. The molecule has 2 aromatic heterocycles. The van der Waals surface area contributed by atoms with Gasteiger partial charge in [0.15, 0.2) is 0 Å². The lowest BCUT2D eigenvalue weighted by Gasteiger charge is -2.31. The van der Waals surface area contributed by atoms with Crippen LogP contribution in [0.15, 0.2) is 57.8 Å². The van der Waals surface area contributed by atoms with E-state index in [9.17, 15) is 9.59 Å². The number of aryl methyl sites for hydroxylation is 1. The van der Waals surface area contributed by atoms with Gasteiger partial charge in [-0.2, -0.15) is 0 Å². The summed E-state index contributed by atoms with van der Waals surface area (Å²) in [6, 6.07) is 14.2. The SMILES string of the molecule is Cc1onc2c1c(=O)n(C1CCCC(NC(=O)Oc3ccccc3)C1)c1cccc(Cl)c21. The molecular weight excluding hydrogens is 430 g/mol. The Morgan fingerprint density at radius 3 is 2.78 bits per heavy atom. The lowest BCUT2D eigenvalue weighted by Crippen LogP contribution is -2.41. The number of rotatable bonds is 3. The molecule has 2 aromatic carbocycles. The van der Waals surface area contributed by atoms with E-state index in [1.54, 1.807) is 29.7 Å². The van der Waals surface area contributed by atoms with Crippen molar-refractivity contribution in [2.75, 3.05) is 0 Å². The number of para-hydroxylation sites is 1. The molecule has 0 bridgehead atoms. The van der Waals surface area contributed by atoms with Gasteiger partial charge < -0.3 is 19.1 Å². The van der Waals surface area contributed by atoms with Gasteiger partial charge in [0.05, 0.1) is 10.5 Å². The quantitative estimate of drug-likeness (QED) is 0.452. The van der Waals surface area contributed by atoms with Gasteiger partial charge in [0.25, 0.3) is 5.56 Å². The normalized spacial score (nSPS) is 18.7. The number of carbonyl (C=O) groups is 1. The number of ether oxygens (including phenoxy) is 1. The lowest BCUT2D eigenvalue weighted by molar-refractivity contribution is 0.187. The highest BCUT2D eigenvalue weighted by Crippen LogP contribution is 2.35. The third kappa shape index (κ3) is 3.62. The van der Waals surface area contributed by atoms with E-state index in [4.69, 9.17) is 20.9 Å². The molecule has 7 nitrogen and oxygen atoms in total. The van der Waals surface area contributed by atoms with Crippen molar-refractivity contribution in [3.05, 3.63) is 69.7 Å². The van der Waals surface area contributed by atoms with Gasteiger partial charge in [0.1, 0.15) is 22.4 Å². The number of nitrogens with zero attached hydrogens (tertiary/aromatic N) is 2. The predicted molar refractivity (Wildman–Crippen MR) is 122 cm³/mol. The van der Waals surface area contributed by atoms with Gasteiger partial charge in [0.2, 0.25) is 0 Å². The van der Waals surface area contributed by atoms with Crippen molar-refractivity contribution < 1.29 is 14.1 Å². The summed E-state index contributed by atoms with van der Waals surface area (Å²) in [4.78, 5) is 25.9. The first-order valence-electron chi connectivity index (χ1n) is 10.6. The van der Waals surface area contributed by atoms with Crippen LogP contribution in [-0.4, -0.2) is 21.9 Å². The fourth-order valence-electron chi connectivity index (χ4n) is 4.66. The number of pyridine rings is 1. The summed E-state index contributed by atoms with van der Waals surface area (Å²) < 4.78 is 12.5. The van der Waals surface area contributed by atoms with Crippen LogP contribution >= 0.6 is 11.6 Å². The number of amides is 1. The summed E-state index contributed by atoms with van der Waals surface area (Å²) in [6.07, 6.45) is 2.63. The van der Waals surface area contributed by atoms with Crippen molar-refractivity contribution in [2.24, 2.45) is 0 Å². The highest BCUT2D eigenvalue weighted by atomic mass is 35.5. The average Bonchev–Trinajstić information content (AvgIpc) is 3.16. The number of aromatic nitrogens is 2. The molecule has 4 aromatic rings. The molecule has 32 heavy (non-hydrogen) atoms. The number of carbonyl (C=O) groups excluding carboxylic acids is 1. The molecule has 1 aliphatic rings. The number of fused-ring (bicyclic) bond motifs is 3. The molecule has 2 unspecified atom stereocenters. The summed E-state index contributed by atoms with van der Waals surface area (Å²) >= 11 is 6.51. The zero-order chi connectivity index (χ0) is 22.2. The fraction of sp³-hybridized carbons (Fsp3) is 0.292. The lowest BCUT2D eigenvalue weighted by atomic mass is 9.90. The minimum Gasteiger partial charge on any atom is -0.410 e. The summed E-state index contributed by atoms with van der Waals surface area (Å²) in [5.74, 6) is 0.958. The van der Waals surface area contributed by atoms with E-state index < -0.39 is 6.09 Å². The Balaban J connectivity index is 1.48. The molecule has 0 saturated heterocycles. The Labute approximate surface area is 188 Å². The molecule has 5 rings (SSSR count). The van der Waals surface area contributed by atoms with E-state index in [2.05, 4.69) is 10.5 Å². The molecular formula is C24H22ClN3O4. The van der Waals surface area contributed by atoms with Gasteiger partial charge in [-0.25, -0.2) is 4.79 Å². The molecule has 1 aliphatic carbocycles. The van der Waals surface area contributed by atoms with E-state index >= 15 is 0 Å². The summed E-state index contributed by atoms with van der Waals surface area (Å²) in [5, 5.41) is 8.73. The zero-order valence-corrected chi connectivity index (χ0v) is 18.3. The Hall–Kier alpha value is -3.32. The number of nitrogens with one attached hydrogen (secondary N) is 1. The van der Waals surface area contributed by atoms with Gasteiger partial charge in [0, 0.05) is 17.5 Å². The van der Waals surface area contributed by atoms with Crippen LogP contribution in [0.2, 0.25) is 5.02 Å². The highest BCUT2D eigenvalue weighted by molar-refractivity contribution is 6.37. The minimum atomic E-state index is -0.493. The molecule has 2 atom stereocenters. The first kappa shape index (κ1) is 20.6. The molecule has 8 heteroatoms. The Kier molecular flexibility index (Phi) is 5.35. The van der Waals surface area contributed by atoms with Gasteiger partial charge >= 0.3 is 6.09 Å². The van der Waals surface area contributed by atoms with Crippen LogP contribution in [0.4, 0.5) is 4.79 Å². The van der Waals surface area contributed by atoms with E-state index in [1.807, 2.05) is 30.3 Å². The number of hydrogen-bond acceptors (Lipinski definition) is 5. The molecule has 1 N–H and O–H groups in total. The van der Waals surface area contributed by atoms with Crippen molar-refractivity contribution in [3.63, 3.8) is 0 Å². The van der Waals surface area contributed by atoms with E-state index in [1.165, 1.54) is 0 Å². The third-order valence-electron chi connectivity index (χ3n) is 6.07. The molecule has 1 fully saturated rings. The Morgan fingerprint density at radius 2 is 1.97 bits per heavy atom. The smallest absolute Gasteiger partial charge is 0.410 e. The van der Waals surface area contributed by atoms with Crippen LogP contribution < -0.4 is 15.6 Å². The standard InChI is InChI=1S/C24H22ClN3O4/c1-14-20-22(27-32-14)21-18(25)11-6-12-19(21)28(23(20)29)16-8-5-7-15(13-16)26-24(30)31-17-9-3-2-4-10-17/h2-4,6,9-12,15-16H,5,7-8,13H2,1H3,(H,26,30). The number of benzene rings is 2. The molecule has 164 valence electrons. The highest BCUT2D eigenvalue weighted by Gasteiger charge is 2.29. The predicted octanol–water partition coefficient (Wildman–Crippen LogP) is 5.38. The second-order valence-corrected chi connectivity index (χ2v) is 8.54. The van der Waals surface area contributed by atoms with Crippen molar-refractivity contribution in [2.45, 2.75) is 44.7 Å². The molecule has 0 radical (unpaired) electrons. The maximum atomic E-state index is 13.5. The van der Waals surface area contributed by atoms with Gasteiger partial charge in [-0.3, -0.25) is 4.79 Å². The maximum Gasteiger partial charge on any atom is 0.412 e. The van der Waals surface area contributed by atoms with E-state index in [0.29, 0.717) is 39.2 Å². The van der Waals surface area contributed by atoms with Crippen LogP contribution in [-0.2, 0) is 0 Å². The minimum absolute atomic E-state index is 0.0991. The number of hydrogen-bond donors (Lipinski definition) is 1. The van der Waals surface area contributed by atoms with Crippen molar-refractivity contribution in [1.29, 1.82) is 0 Å². The van der Waals surface area contributed by atoms with Gasteiger partial charge in [-0.1, -0.05) is 41.0 Å². The Morgan fingerprint density at radius 1 is 1.16 bits per heavy atom. The van der Waals surface area contributed by atoms with Crippen molar-refractivity contribution in [1.82, 2.24) is 15.0 Å². The van der Waals surface area contributed by atoms with Gasteiger partial charge in [-0.15, -0.1) is 0 Å². The van der Waals surface area contributed by atoms with E-state index in [0.717, 1.165) is 24.8 Å². The first-order valence-corrected chi connectivity index (χ1v) is 11.0. The fourth-order valence-corrected chi connectivity index (χ4v) is 4.92. The van der Waals surface area contributed by atoms with Crippen LogP contribution in [0.25, 0.3) is 21.8 Å². The molecule has 0 aliphatic heterocycles. The summed E-state index contributed by atoms with van der Waals surface area (Å²) in [7, 11) is 0. The van der Waals surface area contributed by atoms with Crippen molar-refractivity contribution in [3.8, 4) is 5.75 Å². The zero-order valence-electron chi connectivity index (χ0n) is 17.5. The second-order valence-electron chi connectivity index (χ2n) is 8.14. The molecule has 1 saturated carbocycles. The van der Waals surface area contributed by atoms with E-state index in [-0.39, 0.29) is 17.6 Å². The van der Waals surface area contributed by atoms with Crippen molar-refractivity contribution >= 4 is 39.5 Å². The monoisotopic (exact) mass is 451 g/mol. The average molecular weight is 452 g/mol.